The molecule has 0 aliphatic rings. The molecule has 0 aliphatic heterocycles. The summed E-state index contributed by atoms with van der Waals surface area (Å²) >= 11 is 1.64. The molecular weight excluding hydrogens is 365 g/mol. The van der Waals surface area contributed by atoms with Crippen LogP contribution in [0.5, 0.6) is 0 Å². The second-order valence-corrected chi connectivity index (χ2v) is 7.06. The van der Waals surface area contributed by atoms with Crippen molar-refractivity contribution in [2.75, 3.05) is 6.26 Å². The van der Waals surface area contributed by atoms with Gasteiger partial charge in [0, 0.05) is 4.90 Å². The number of halogens is 1. The van der Waals surface area contributed by atoms with Gasteiger partial charge in [-0.25, -0.2) is 9.82 Å². The summed E-state index contributed by atoms with van der Waals surface area (Å²) in [6.07, 6.45) is 3.52. The minimum absolute atomic E-state index is 0.103. The van der Waals surface area contributed by atoms with Crippen molar-refractivity contribution in [1.82, 2.24) is 10.7 Å². The molecule has 2 rings (SSSR count). The van der Waals surface area contributed by atoms with Crippen molar-refractivity contribution < 1.29 is 14.0 Å². The third-order valence-corrected chi connectivity index (χ3v) is 4.60. The number of benzene rings is 2. The Bertz CT molecular complexity index is 822. The van der Waals surface area contributed by atoms with Crippen LogP contribution in [0.15, 0.2) is 58.5 Å². The van der Waals surface area contributed by atoms with E-state index in [1.54, 1.807) is 31.7 Å². The van der Waals surface area contributed by atoms with E-state index in [1.807, 2.05) is 30.5 Å². The first-order valence-corrected chi connectivity index (χ1v) is 9.67. The Morgan fingerprint density at radius 2 is 1.78 bits per heavy atom. The molecule has 0 bridgehead atoms. The summed E-state index contributed by atoms with van der Waals surface area (Å²) in [4.78, 5) is 25.8. The van der Waals surface area contributed by atoms with Crippen molar-refractivity contribution in [1.29, 1.82) is 0 Å². The molecule has 7 heteroatoms. The van der Waals surface area contributed by atoms with Crippen LogP contribution in [-0.4, -0.2) is 30.3 Å². The fourth-order valence-electron chi connectivity index (χ4n) is 2.33. The highest BCUT2D eigenvalue weighted by molar-refractivity contribution is 7.98. The van der Waals surface area contributed by atoms with E-state index < -0.39 is 23.7 Å². The number of nitrogens with one attached hydrogen (secondary N) is 2. The normalized spacial score (nSPS) is 12.2. The molecule has 27 heavy (non-hydrogen) atoms. The Balaban J connectivity index is 2.00. The van der Waals surface area contributed by atoms with Gasteiger partial charge in [0.15, 0.2) is 0 Å². The first-order valence-electron chi connectivity index (χ1n) is 8.44. The van der Waals surface area contributed by atoms with Crippen LogP contribution < -0.4 is 10.7 Å². The molecule has 2 aromatic rings. The molecule has 0 radical (unpaired) electrons. The highest BCUT2D eigenvalue weighted by Crippen LogP contribution is 2.14. The van der Waals surface area contributed by atoms with Gasteiger partial charge in [-0.05, 0) is 42.0 Å². The largest absolute Gasteiger partial charge is 0.340 e. The van der Waals surface area contributed by atoms with Crippen molar-refractivity contribution in [2.24, 2.45) is 11.0 Å². The topological polar surface area (TPSA) is 70.6 Å². The average molecular weight is 387 g/mol. The lowest BCUT2D eigenvalue weighted by Crippen LogP contribution is -2.48. The molecule has 0 aliphatic carbocycles. The van der Waals surface area contributed by atoms with E-state index >= 15 is 0 Å². The van der Waals surface area contributed by atoms with Gasteiger partial charge >= 0.3 is 0 Å². The van der Waals surface area contributed by atoms with Crippen molar-refractivity contribution in [3.05, 3.63) is 65.5 Å². The number of hydrazone groups is 1. The molecule has 1 unspecified atom stereocenters. The van der Waals surface area contributed by atoms with Crippen LogP contribution in [0.4, 0.5) is 4.39 Å². The third-order valence-electron chi connectivity index (χ3n) is 3.86. The molecule has 0 aromatic heterocycles. The maximum absolute atomic E-state index is 13.8. The van der Waals surface area contributed by atoms with Crippen LogP contribution in [-0.2, 0) is 4.79 Å². The lowest BCUT2D eigenvalue weighted by molar-refractivity contribution is -0.123. The Kier molecular flexibility index (Phi) is 7.55. The fourth-order valence-corrected chi connectivity index (χ4v) is 2.74. The zero-order valence-electron chi connectivity index (χ0n) is 15.4. The molecule has 0 heterocycles. The maximum atomic E-state index is 13.8. The van der Waals surface area contributed by atoms with Gasteiger partial charge in [-0.3, -0.25) is 9.59 Å². The van der Waals surface area contributed by atoms with Gasteiger partial charge in [0.05, 0.1) is 11.8 Å². The van der Waals surface area contributed by atoms with E-state index in [2.05, 4.69) is 15.8 Å². The highest BCUT2D eigenvalue weighted by atomic mass is 32.2. The van der Waals surface area contributed by atoms with Crippen molar-refractivity contribution in [3.8, 4) is 0 Å². The van der Waals surface area contributed by atoms with Gasteiger partial charge in [-0.1, -0.05) is 38.1 Å². The summed E-state index contributed by atoms with van der Waals surface area (Å²) in [5, 5.41) is 6.51. The summed E-state index contributed by atoms with van der Waals surface area (Å²) in [5.41, 5.74) is 3.16. The molecule has 0 saturated carbocycles. The number of rotatable bonds is 7. The Labute approximate surface area is 162 Å². The van der Waals surface area contributed by atoms with Gasteiger partial charge in [-0.2, -0.15) is 5.10 Å². The van der Waals surface area contributed by atoms with Gasteiger partial charge in [-0.15, -0.1) is 11.8 Å². The summed E-state index contributed by atoms with van der Waals surface area (Å²) in [6.45, 7) is 3.58. The van der Waals surface area contributed by atoms with Crippen LogP contribution in [0.25, 0.3) is 0 Å². The Hall–Kier alpha value is -2.67. The van der Waals surface area contributed by atoms with Gasteiger partial charge in [0.2, 0.25) is 0 Å². The fraction of sp³-hybridized carbons (Fsp3) is 0.250. The molecule has 2 amide bonds. The summed E-state index contributed by atoms with van der Waals surface area (Å²) in [5.74, 6) is -1.94. The Morgan fingerprint density at radius 3 is 2.37 bits per heavy atom. The SMILES string of the molecule is CSc1ccc(C=NNC(=O)C(NC(=O)c2ccccc2F)C(C)C)cc1. The second-order valence-electron chi connectivity index (χ2n) is 6.18. The zero-order valence-corrected chi connectivity index (χ0v) is 16.2. The van der Waals surface area contributed by atoms with E-state index in [0.29, 0.717) is 0 Å². The number of carbonyl (C=O) groups excluding carboxylic acids is 2. The Morgan fingerprint density at radius 1 is 1.11 bits per heavy atom. The van der Waals surface area contributed by atoms with Crippen LogP contribution >= 0.6 is 11.8 Å². The maximum Gasteiger partial charge on any atom is 0.262 e. The van der Waals surface area contributed by atoms with Crippen molar-refractivity contribution in [2.45, 2.75) is 24.8 Å². The van der Waals surface area contributed by atoms with E-state index in [0.717, 1.165) is 10.5 Å². The van der Waals surface area contributed by atoms with Crippen LogP contribution in [0.2, 0.25) is 0 Å². The minimum Gasteiger partial charge on any atom is -0.340 e. The number of hydrogen-bond donors (Lipinski definition) is 2. The van der Waals surface area contributed by atoms with Gasteiger partial charge < -0.3 is 5.32 Å². The minimum atomic E-state index is -0.840. The average Bonchev–Trinajstić information content (AvgIpc) is 2.66. The summed E-state index contributed by atoms with van der Waals surface area (Å²) in [7, 11) is 0. The van der Waals surface area contributed by atoms with Crippen LogP contribution in [0, 0.1) is 11.7 Å². The monoisotopic (exact) mass is 387 g/mol. The van der Waals surface area contributed by atoms with Gasteiger partial charge in [0.1, 0.15) is 11.9 Å². The summed E-state index contributed by atoms with van der Waals surface area (Å²) in [6, 6.07) is 12.5. The van der Waals surface area contributed by atoms with Gasteiger partial charge in [0.25, 0.3) is 11.8 Å². The summed E-state index contributed by atoms with van der Waals surface area (Å²) < 4.78 is 13.8. The lowest BCUT2D eigenvalue weighted by atomic mass is 10.0. The smallest absolute Gasteiger partial charge is 0.262 e. The first kappa shape index (κ1) is 20.6. The molecule has 1 atom stereocenters. The number of nitrogens with zero attached hydrogens (tertiary/aromatic N) is 1. The quantitative estimate of drug-likeness (QED) is 0.434. The second kappa shape index (κ2) is 9.87. The number of hydrogen-bond acceptors (Lipinski definition) is 4. The van der Waals surface area contributed by atoms with Crippen molar-refractivity contribution >= 4 is 29.8 Å². The van der Waals surface area contributed by atoms with Crippen molar-refractivity contribution in [3.63, 3.8) is 0 Å². The molecule has 142 valence electrons. The molecular formula is C20H22FN3O2S. The van der Waals surface area contributed by atoms with E-state index in [9.17, 15) is 14.0 Å². The van der Waals surface area contributed by atoms with E-state index in [1.165, 1.54) is 24.4 Å². The zero-order chi connectivity index (χ0) is 19.8. The lowest BCUT2D eigenvalue weighted by Gasteiger charge is -2.20. The predicted octanol–water partition coefficient (Wildman–Crippen LogP) is 3.45. The molecule has 0 spiro atoms. The van der Waals surface area contributed by atoms with Crippen LogP contribution in [0.3, 0.4) is 0 Å². The highest BCUT2D eigenvalue weighted by Gasteiger charge is 2.25. The first-order chi connectivity index (χ1) is 12.9. The van der Waals surface area contributed by atoms with E-state index in [-0.39, 0.29) is 11.5 Å². The standard InChI is InChI=1S/C20H22FN3O2S/c1-13(2)18(23-19(25)16-6-4-5-7-17(16)21)20(26)24-22-12-14-8-10-15(27-3)11-9-14/h4-13,18H,1-3H3,(H,23,25)(H,24,26). The third kappa shape index (κ3) is 5.92. The molecule has 2 N–H and O–H groups in total. The molecule has 0 fully saturated rings. The number of amides is 2. The van der Waals surface area contributed by atoms with Crippen LogP contribution in [0.1, 0.15) is 29.8 Å². The number of thioether (sulfide) groups is 1. The molecule has 0 saturated heterocycles. The predicted molar refractivity (Wildman–Crippen MR) is 106 cm³/mol. The number of carbonyl (C=O) groups is 2. The molecule has 2 aromatic carbocycles. The molecule has 5 nitrogen and oxygen atoms in total. The van der Waals surface area contributed by atoms with E-state index in [4.69, 9.17) is 0 Å².